The molecule has 3 unspecified atom stereocenters. The van der Waals surface area contributed by atoms with Crippen LogP contribution in [0.15, 0.2) is 12.7 Å². The van der Waals surface area contributed by atoms with Gasteiger partial charge in [-0.2, -0.15) is 0 Å². The Hall–Kier alpha value is -0.560. The quantitative estimate of drug-likeness (QED) is 0.468. The summed E-state index contributed by atoms with van der Waals surface area (Å²) in [5, 5.41) is 0. The molecule has 0 spiro atoms. The molecule has 0 saturated carbocycles. The lowest BCUT2D eigenvalue weighted by Gasteiger charge is -2.17. The molecule has 0 rings (SSSR count). The van der Waals surface area contributed by atoms with Crippen molar-refractivity contribution in [3.8, 4) is 0 Å². The Kier molecular flexibility index (Phi) is 5.72. The lowest BCUT2D eigenvalue weighted by molar-refractivity contribution is -0.116. The van der Waals surface area contributed by atoms with Crippen molar-refractivity contribution in [2.45, 2.75) is 13.0 Å². The van der Waals surface area contributed by atoms with E-state index in [2.05, 4.69) is 10.8 Å². The maximum Gasteiger partial charge on any atom is 0.172 e. The zero-order valence-electron chi connectivity index (χ0n) is 7.26. The summed E-state index contributed by atoms with van der Waals surface area (Å²) in [6.07, 6.45) is 1.11. The summed E-state index contributed by atoms with van der Waals surface area (Å²) in [5.41, 5.74) is 5.46. The van der Waals surface area contributed by atoms with Gasteiger partial charge < -0.3 is 14.5 Å². The predicted octanol–water partition coefficient (Wildman–Crippen LogP) is -0.484. The van der Waals surface area contributed by atoms with Crippen molar-refractivity contribution >= 4 is 17.1 Å². The van der Waals surface area contributed by atoms with Crippen LogP contribution < -0.4 is 5.73 Å². The van der Waals surface area contributed by atoms with Gasteiger partial charge in [-0.05, 0) is 6.08 Å². The van der Waals surface area contributed by atoms with Crippen LogP contribution in [0.2, 0.25) is 0 Å². The topological polar surface area (TPSA) is 92.5 Å². The van der Waals surface area contributed by atoms with E-state index in [1.54, 1.807) is 6.92 Å². The van der Waals surface area contributed by atoms with E-state index in [0.29, 0.717) is 0 Å². The molecule has 0 bridgehead atoms. The fourth-order valence-corrected chi connectivity index (χ4v) is 1.01. The minimum absolute atomic E-state index is 0.100. The van der Waals surface area contributed by atoms with E-state index >= 15 is 0 Å². The Balaban J connectivity index is 3.95. The highest BCUT2D eigenvalue weighted by Crippen LogP contribution is 2.03. The van der Waals surface area contributed by atoms with Gasteiger partial charge in [0, 0.05) is 5.92 Å². The van der Waals surface area contributed by atoms with E-state index in [1.165, 1.54) is 0 Å². The van der Waals surface area contributed by atoms with Crippen LogP contribution in [0.4, 0.5) is 0 Å². The number of hydrogen-bond acceptors (Lipinski definition) is 5. The van der Waals surface area contributed by atoms with Gasteiger partial charge in [0.15, 0.2) is 5.78 Å². The van der Waals surface area contributed by atoms with Gasteiger partial charge in [-0.15, -0.1) is 0 Å². The average molecular weight is 206 g/mol. The molecule has 0 aliphatic carbocycles. The monoisotopic (exact) mass is 206 g/mol. The van der Waals surface area contributed by atoms with Gasteiger partial charge in [0.05, 0.1) is 24.0 Å². The Labute approximate surface area is 79.4 Å². The van der Waals surface area contributed by atoms with Crippen molar-refractivity contribution in [3.05, 3.63) is 12.7 Å². The molecule has 76 valence electrons. The minimum Gasteiger partial charge on any atom is -0.750 e. The van der Waals surface area contributed by atoms with Crippen LogP contribution in [0.3, 0.4) is 0 Å². The number of ketones is 1. The lowest BCUT2D eigenvalue weighted by Crippen LogP contribution is -2.38. The molecule has 2 N–H and O–H groups in total. The molecule has 0 aliphatic rings. The first kappa shape index (κ1) is 12.4. The van der Waals surface area contributed by atoms with Gasteiger partial charge in [0.1, 0.15) is 0 Å². The fourth-order valence-electron chi connectivity index (χ4n) is 0.683. The number of rotatable bonds is 6. The van der Waals surface area contributed by atoms with E-state index in [9.17, 15) is 13.6 Å². The zero-order chi connectivity index (χ0) is 10.4. The lowest BCUT2D eigenvalue weighted by atomic mass is 10.0. The van der Waals surface area contributed by atoms with Crippen molar-refractivity contribution in [3.63, 3.8) is 0 Å². The molecule has 0 fully saturated rings. The van der Waals surface area contributed by atoms with Gasteiger partial charge in [0.25, 0.3) is 0 Å². The van der Waals surface area contributed by atoms with Crippen LogP contribution in [-0.2, 0) is 20.3 Å². The van der Waals surface area contributed by atoms with E-state index < -0.39 is 17.4 Å². The highest BCUT2D eigenvalue weighted by Gasteiger charge is 2.18. The molecular weight excluding hydrogens is 194 g/mol. The first-order valence-corrected chi connectivity index (χ1v) is 4.63. The third-order valence-corrected chi connectivity index (χ3v) is 1.90. The summed E-state index contributed by atoms with van der Waals surface area (Å²) >= 11 is -2.56. The molecule has 5 nitrogen and oxygen atoms in total. The molecule has 0 radical (unpaired) electrons. The maximum absolute atomic E-state index is 10.9. The van der Waals surface area contributed by atoms with Crippen molar-refractivity contribution < 1.29 is 17.7 Å². The molecule has 13 heavy (non-hydrogen) atoms. The third-order valence-electron chi connectivity index (χ3n) is 1.57. The Morgan fingerprint density at radius 2 is 2.38 bits per heavy atom. The van der Waals surface area contributed by atoms with Crippen LogP contribution in [-0.4, -0.2) is 27.2 Å². The van der Waals surface area contributed by atoms with Gasteiger partial charge in [-0.1, -0.05) is 13.5 Å². The van der Waals surface area contributed by atoms with Crippen LogP contribution in [0.1, 0.15) is 6.92 Å². The standard InChI is InChI=1S/C7H13NO4S/c1-3-6(9)7(8)5(2)4-12-13(10)11/h3,5,7H,1,4,8H2,2H3,(H,10,11)/p-1. The van der Waals surface area contributed by atoms with Crippen LogP contribution in [0.25, 0.3) is 0 Å². The van der Waals surface area contributed by atoms with Gasteiger partial charge >= 0.3 is 0 Å². The molecule has 6 heteroatoms. The van der Waals surface area contributed by atoms with Crippen molar-refractivity contribution in [2.24, 2.45) is 11.7 Å². The average Bonchev–Trinajstić information content (AvgIpc) is 2.11. The van der Waals surface area contributed by atoms with Gasteiger partial charge in [0.2, 0.25) is 0 Å². The highest BCUT2D eigenvalue weighted by atomic mass is 32.2. The summed E-state index contributed by atoms with van der Waals surface area (Å²) in [7, 11) is 0. The molecule has 0 aromatic heterocycles. The van der Waals surface area contributed by atoms with Gasteiger partial charge in [-0.3, -0.25) is 4.79 Å². The number of carbonyl (C=O) groups is 1. The second-order valence-electron chi connectivity index (χ2n) is 2.60. The molecular formula is C7H12NO4S-. The Bertz CT molecular complexity index is 219. The molecule has 0 aliphatic heterocycles. The number of nitrogens with two attached hydrogens (primary N) is 1. The Morgan fingerprint density at radius 1 is 1.85 bits per heavy atom. The summed E-state index contributed by atoms with van der Waals surface area (Å²) < 4.78 is 24.3. The molecule has 3 atom stereocenters. The maximum atomic E-state index is 10.9. The van der Waals surface area contributed by atoms with Crippen molar-refractivity contribution in [1.29, 1.82) is 0 Å². The summed E-state index contributed by atoms with van der Waals surface area (Å²) in [4.78, 5) is 10.9. The fraction of sp³-hybridized carbons (Fsp3) is 0.571. The van der Waals surface area contributed by atoms with Crippen LogP contribution in [0.5, 0.6) is 0 Å². The molecule has 0 heterocycles. The normalized spacial score (nSPS) is 17.5. The molecule has 0 aromatic rings. The molecule has 0 aromatic carbocycles. The number of hydrogen-bond donors (Lipinski definition) is 1. The smallest absolute Gasteiger partial charge is 0.172 e. The predicted molar refractivity (Wildman–Crippen MR) is 47.2 cm³/mol. The summed E-state index contributed by atoms with van der Waals surface area (Å²) in [6.45, 7) is 4.79. The highest BCUT2D eigenvalue weighted by molar-refractivity contribution is 7.74. The molecule has 0 amide bonds. The molecule has 0 saturated heterocycles. The van der Waals surface area contributed by atoms with E-state index in [0.717, 1.165) is 6.08 Å². The first-order chi connectivity index (χ1) is 5.99. The largest absolute Gasteiger partial charge is 0.750 e. The van der Waals surface area contributed by atoms with Crippen molar-refractivity contribution in [1.82, 2.24) is 0 Å². The van der Waals surface area contributed by atoms with E-state index in [1.807, 2.05) is 0 Å². The van der Waals surface area contributed by atoms with Gasteiger partial charge in [-0.25, -0.2) is 4.21 Å². The van der Waals surface area contributed by atoms with Crippen LogP contribution in [0, 0.1) is 5.92 Å². The Morgan fingerprint density at radius 3 is 2.77 bits per heavy atom. The first-order valence-electron chi connectivity index (χ1n) is 3.63. The minimum atomic E-state index is -2.56. The second-order valence-corrected chi connectivity index (χ2v) is 3.24. The van der Waals surface area contributed by atoms with Crippen molar-refractivity contribution in [2.75, 3.05) is 6.61 Å². The SMILES string of the molecule is C=CC(=O)C(N)C(C)COS(=O)[O-]. The zero-order valence-corrected chi connectivity index (χ0v) is 8.08. The van der Waals surface area contributed by atoms with Crippen LogP contribution >= 0.6 is 0 Å². The number of carbonyl (C=O) groups excluding carboxylic acids is 1. The second kappa shape index (κ2) is 5.98. The summed E-state index contributed by atoms with van der Waals surface area (Å²) in [5.74, 6) is -0.684. The van der Waals surface area contributed by atoms with E-state index in [4.69, 9.17) is 5.73 Å². The van der Waals surface area contributed by atoms with E-state index in [-0.39, 0.29) is 18.3 Å². The summed E-state index contributed by atoms with van der Waals surface area (Å²) in [6, 6.07) is -0.763. The third kappa shape index (κ3) is 4.89.